The van der Waals surface area contributed by atoms with E-state index in [2.05, 4.69) is 496 Å². The monoisotopic (exact) mass is 1540 g/mol. The first-order chi connectivity index (χ1) is 59.0. The summed E-state index contributed by atoms with van der Waals surface area (Å²) in [6.45, 7) is 9.05. The Labute approximate surface area is 705 Å². The zero-order valence-electron chi connectivity index (χ0n) is 67.9. The van der Waals surface area contributed by atoms with Gasteiger partial charge in [0, 0.05) is 79.1 Å². The molecule has 0 fully saturated rings. The van der Waals surface area contributed by atoms with E-state index in [-0.39, 0.29) is 10.8 Å². The van der Waals surface area contributed by atoms with Gasteiger partial charge in [0.05, 0.1) is 0 Å². The molecule has 18 aromatic carbocycles. The molecule has 4 nitrogen and oxygen atoms in total. The number of benzene rings is 18. The second kappa shape index (κ2) is 31.6. The van der Waals surface area contributed by atoms with Crippen LogP contribution >= 0.6 is 0 Å². The molecule has 574 valence electrons. The minimum Gasteiger partial charge on any atom is -0.311 e. The largest absolute Gasteiger partial charge is 0.311 e. The third-order valence-electron chi connectivity index (χ3n) is 24.8. The third-order valence-corrected chi connectivity index (χ3v) is 24.8. The van der Waals surface area contributed by atoms with Gasteiger partial charge in [-0.1, -0.05) is 304 Å². The Morgan fingerprint density at radius 1 is 0.175 bits per heavy atom. The minimum atomic E-state index is -0.386. The van der Waals surface area contributed by atoms with Crippen molar-refractivity contribution in [2.75, 3.05) is 19.6 Å². The van der Waals surface area contributed by atoms with E-state index in [1.165, 1.54) is 111 Å². The summed E-state index contributed by atoms with van der Waals surface area (Å²) in [6, 6.07) is 166. The van der Waals surface area contributed by atoms with E-state index in [0.717, 1.165) is 92.2 Å². The molecule has 2 aliphatic carbocycles. The van der Waals surface area contributed by atoms with Crippen molar-refractivity contribution in [1.82, 2.24) is 0 Å². The van der Waals surface area contributed by atoms with E-state index in [0.29, 0.717) is 0 Å². The van der Waals surface area contributed by atoms with Crippen molar-refractivity contribution in [3.63, 3.8) is 0 Å². The minimum absolute atomic E-state index is 0.202. The van der Waals surface area contributed by atoms with Gasteiger partial charge in [-0.05, 0) is 308 Å². The molecule has 18 aromatic rings. The van der Waals surface area contributed by atoms with Gasteiger partial charge in [0.1, 0.15) is 0 Å². The van der Waals surface area contributed by atoms with Crippen LogP contribution in [0.25, 0.3) is 77.9 Å². The van der Waals surface area contributed by atoms with Crippen LogP contribution < -0.4 is 19.6 Å². The highest BCUT2D eigenvalue weighted by Crippen LogP contribution is 2.56. The molecule has 0 unspecified atom stereocenters. The number of hydrogen-bond acceptors (Lipinski definition) is 4. The fraction of sp³-hybridized carbons (Fsp3) is 0.0690. The topological polar surface area (TPSA) is 13.0 Å². The molecule has 0 spiro atoms. The van der Waals surface area contributed by atoms with Crippen LogP contribution in [0.5, 0.6) is 0 Å². The van der Waals surface area contributed by atoms with Gasteiger partial charge in [-0.2, -0.15) is 0 Å². The summed E-state index contributed by atoms with van der Waals surface area (Å²) in [6.07, 6.45) is 1.68. The van der Waals surface area contributed by atoms with E-state index < -0.39 is 0 Å². The Kier molecular flexibility index (Phi) is 19.5. The number of anilines is 12. The third kappa shape index (κ3) is 14.2. The number of nitrogens with zero attached hydrogens (tertiary/aromatic N) is 4. The standard InChI is InChI=1S/C116H90N4/c1-81-35-55-99(56-36-81)117(95-27-15-7-16-28-95)103-63-43-87(44-64-103)91-51-71-107-108-72-52-92(76-112(108)115(3,4)111(107)75-91)88-45-65-105(66-46-88)119(97-31-19-9-20-32-97)101-59-39-85(40-60-101)86-41-61-102(62-42-86)120(98-33-21-10-22-34-98)106-69-49-90(50-70-106)94-54-74-110-109-73-53-93(89-47-67-104(68-48-89)118(96-29-17-8-18-30-96)100-57-37-82(2)38-58-100)77-113(109)116(114(110)78-94,79-83-23-11-5-12-24-83)80-84-25-13-6-14-26-84/h5-78H,79-80H2,1-4H3. The fourth-order valence-electron chi connectivity index (χ4n) is 18.6. The van der Waals surface area contributed by atoms with Crippen molar-refractivity contribution < 1.29 is 0 Å². The predicted molar refractivity (Wildman–Crippen MR) is 506 cm³/mol. The van der Waals surface area contributed by atoms with Crippen molar-refractivity contribution >= 4 is 68.2 Å². The van der Waals surface area contributed by atoms with Gasteiger partial charge < -0.3 is 19.6 Å². The van der Waals surface area contributed by atoms with Gasteiger partial charge in [-0.15, -0.1) is 0 Å². The first kappa shape index (κ1) is 74.0. The molecule has 2 aliphatic rings. The summed E-state index contributed by atoms with van der Waals surface area (Å²) in [5.74, 6) is 0. The molecule has 0 atom stereocenters. The van der Waals surface area contributed by atoms with Crippen LogP contribution in [0, 0.1) is 13.8 Å². The maximum Gasteiger partial charge on any atom is 0.0462 e. The van der Waals surface area contributed by atoms with Gasteiger partial charge in [0.15, 0.2) is 0 Å². The Bertz CT molecular complexity index is 6620. The molecule has 0 N–H and O–H groups in total. The first-order valence-electron chi connectivity index (χ1n) is 41.8. The molecule has 0 aromatic heterocycles. The molecular weight excluding hydrogens is 1450 g/mol. The van der Waals surface area contributed by atoms with Crippen molar-refractivity contribution in [2.24, 2.45) is 0 Å². The zero-order chi connectivity index (χ0) is 80.7. The van der Waals surface area contributed by atoms with Crippen molar-refractivity contribution in [2.45, 2.75) is 51.4 Å². The normalized spacial score (nSPS) is 12.5. The van der Waals surface area contributed by atoms with Crippen LogP contribution in [0.3, 0.4) is 0 Å². The lowest BCUT2D eigenvalue weighted by molar-refractivity contribution is 0.520. The SMILES string of the molecule is Cc1ccc(N(c2ccccc2)c2ccc(-c3ccc4c(c3)C(C)(C)c3cc(-c5ccc(N(c6ccccc6)c6ccc(-c7ccc(N(c8ccccc8)c8ccc(-c9ccc%10c(c9)C(Cc9ccccc9)(Cc9ccccc9)c9cc(-c%11ccc(N(c%12ccccc%12)c%12ccc(C)cc%12)cc%11)ccc9-%10)cc8)cc7)cc6)cc5)ccc3-4)cc2)cc1. The van der Waals surface area contributed by atoms with E-state index in [1.54, 1.807) is 0 Å². The van der Waals surface area contributed by atoms with Crippen molar-refractivity contribution in [1.29, 1.82) is 0 Å². The summed E-state index contributed by atoms with van der Waals surface area (Å²) in [7, 11) is 0. The quantitative estimate of drug-likeness (QED) is 0.0711. The molecule has 0 radical (unpaired) electrons. The van der Waals surface area contributed by atoms with E-state index in [4.69, 9.17) is 0 Å². The Balaban J connectivity index is 0.556. The number of aryl methyl sites for hydroxylation is 2. The average Bonchev–Trinajstić information content (AvgIpc) is 1.57. The molecule has 120 heavy (non-hydrogen) atoms. The Hall–Kier alpha value is -14.8. The summed E-state index contributed by atoms with van der Waals surface area (Å²) >= 11 is 0. The van der Waals surface area contributed by atoms with Gasteiger partial charge >= 0.3 is 0 Å². The fourth-order valence-corrected chi connectivity index (χ4v) is 18.6. The number of para-hydroxylation sites is 4. The molecule has 0 amide bonds. The number of hydrogen-bond donors (Lipinski definition) is 0. The molecule has 0 saturated carbocycles. The van der Waals surface area contributed by atoms with E-state index in [1.807, 2.05) is 0 Å². The van der Waals surface area contributed by atoms with E-state index in [9.17, 15) is 0 Å². The zero-order valence-corrected chi connectivity index (χ0v) is 67.9. The van der Waals surface area contributed by atoms with Crippen LogP contribution in [-0.2, 0) is 23.7 Å². The lowest BCUT2D eigenvalue weighted by atomic mass is 9.69. The summed E-state index contributed by atoms with van der Waals surface area (Å²) in [5.41, 5.74) is 40.3. The number of rotatable bonds is 21. The average molecular weight is 1540 g/mol. The summed E-state index contributed by atoms with van der Waals surface area (Å²) in [4.78, 5) is 9.39. The van der Waals surface area contributed by atoms with Gasteiger partial charge in [0.2, 0.25) is 0 Å². The molecule has 0 heterocycles. The van der Waals surface area contributed by atoms with Gasteiger partial charge in [0.25, 0.3) is 0 Å². The van der Waals surface area contributed by atoms with Gasteiger partial charge in [-0.25, -0.2) is 0 Å². The van der Waals surface area contributed by atoms with Crippen LogP contribution in [-0.4, -0.2) is 0 Å². The highest BCUT2D eigenvalue weighted by atomic mass is 15.2. The van der Waals surface area contributed by atoms with E-state index >= 15 is 0 Å². The summed E-state index contributed by atoms with van der Waals surface area (Å²) < 4.78 is 0. The maximum atomic E-state index is 2.52. The van der Waals surface area contributed by atoms with Crippen molar-refractivity contribution in [3.05, 3.63) is 493 Å². The molecule has 4 heteroatoms. The molecule has 0 saturated heterocycles. The molecule has 0 bridgehead atoms. The van der Waals surface area contributed by atoms with Crippen LogP contribution in [0.15, 0.2) is 449 Å². The maximum absolute atomic E-state index is 2.52. The number of fused-ring (bicyclic) bond motifs is 6. The van der Waals surface area contributed by atoms with Crippen molar-refractivity contribution in [3.8, 4) is 77.9 Å². The molecule has 20 rings (SSSR count). The van der Waals surface area contributed by atoms with Crippen LogP contribution in [0.2, 0.25) is 0 Å². The smallest absolute Gasteiger partial charge is 0.0462 e. The second-order valence-corrected chi connectivity index (χ2v) is 32.7. The van der Waals surface area contributed by atoms with Crippen LogP contribution in [0.1, 0.15) is 58.4 Å². The highest BCUT2D eigenvalue weighted by Gasteiger charge is 2.44. The highest BCUT2D eigenvalue weighted by molar-refractivity contribution is 5.91. The van der Waals surface area contributed by atoms with Gasteiger partial charge in [-0.3, -0.25) is 0 Å². The summed E-state index contributed by atoms with van der Waals surface area (Å²) in [5, 5.41) is 0. The molecule has 0 aliphatic heterocycles. The molecular formula is C116H90N4. The lowest BCUT2D eigenvalue weighted by Crippen LogP contribution is -2.31. The van der Waals surface area contributed by atoms with Crippen LogP contribution in [0.4, 0.5) is 68.2 Å². The first-order valence-corrected chi connectivity index (χ1v) is 41.8. The Morgan fingerprint density at radius 2 is 0.350 bits per heavy atom. The lowest BCUT2D eigenvalue weighted by Gasteiger charge is -2.33. The second-order valence-electron chi connectivity index (χ2n) is 32.7. The predicted octanol–water partition coefficient (Wildman–Crippen LogP) is 31.6. The Morgan fingerprint density at radius 3 is 0.583 bits per heavy atom.